The average Bonchev–Trinajstić information content (AvgIpc) is 3.51. The molecule has 180 valence electrons. The number of nitrogens with zero attached hydrogens (tertiary/aromatic N) is 4. The molecule has 1 fully saturated rings. The van der Waals surface area contributed by atoms with Gasteiger partial charge in [0.05, 0.1) is 12.3 Å². The number of ether oxygens (including phenoxy) is 1. The number of aromatic nitrogens is 2. The lowest BCUT2D eigenvalue weighted by atomic mass is 10.2. The summed E-state index contributed by atoms with van der Waals surface area (Å²) in [5.74, 6) is 0.674. The van der Waals surface area contributed by atoms with Crippen LogP contribution in [-0.4, -0.2) is 66.0 Å². The van der Waals surface area contributed by atoms with Gasteiger partial charge in [-0.3, -0.25) is 0 Å². The molecule has 34 heavy (non-hydrogen) atoms. The first kappa shape index (κ1) is 22.7. The van der Waals surface area contributed by atoms with Crippen molar-refractivity contribution in [1.82, 2.24) is 19.6 Å². The van der Waals surface area contributed by atoms with Crippen LogP contribution < -0.4 is 4.74 Å². The molecule has 1 unspecified atom stereocenters. The molecule has 6 nitrogen and oxygen atoms in total. The minimum Gasteiger partial charge on any atom is -0.494 e. The predicted molar refractivity (Wildman–Crippen MR) is 124 cm³/mol. The number of rotatable bonds is 7. The molecule has 1 aliphatic heterocycles. The Labute approximate surface area is 195 Å². The van der Waals surface area contributed by atoms with Crippen LogP contribution in [0.3, 0.4) is 0 Å². The highest BCUT2D eigenvalue weighted by atomic mass is 19.4. The zero-order valence-corrected chi connectivity index (χ0v) is 19.2. The standard InChI is InChI=1S/C25H27F3N4O2/c1-30(2)18-12-14-31(16-18)13-5-15-33-19-10-8-17(9-11-19)32-22-20-6-3-4-7-21(20)34-23(22)24(29-32)25(26,27)28/h3-4,6-11,18H,5,12-16H2,1-2H3. The molecule has 0 N–H and O–H groups in total. The number of hydrogen-bond acceptors (Lipinski definition) is 5. The van der Waals surface area contributed by atoms with Crippen LogP contribution in [0.1, 0.15) is 18.5 Å². The first-order valence-corrected chi connectivity index (χ1v) is 11.4. The average molecular weight is 473 g/mol. The topological polar surface area (TPSA) is 46.7 Å². The Morgan fingerprint density at radius 2 is 1.88 bits per heavy atom. The number of halogens is 3. The Morgan fingerprint density at radius 1 is 1.12 bits per heavy atom. The van der Waals surface area contributed by atoms with E-state index in [2.05, 4.69) is 29.0 Å². The van der Waals surface area contributed by atoms with E-state index in [4.69, 9.17) is 9.15 Å². The molecule has 0 bridgehead atoms. The van der Waals surface area contributed by atoms with E-state index in [0.29, 0.717) is 40.6 Å². The summed E-state index contributed by atoms with van der Waals surface area (Å²) < 4.78 is 53.6. The molecule has 1 saturated heterocycles. The van der Waals surface area contributed by atoms with E-state index in [0.717, 1.165) is 26.1 Å². The van der Waals surface area contributed by atoms with Crippen LogP contribution in [0.5, 0.6) is 5.75 Å². The molecular weight excluding hydrogens is 445 g/mol. The van der Waals surface area contributed by atoms with Gasteiger partial charge in [-0.2, -0.15) is 18.3 Å². The number of furan rings is 1. The highest BCUT2D eigenvalue weighted by Crippen LogP contribution is 2.39. The van der Waals surface area contributed by atoms with Crippen LogP contribution in [-0.2, 0) is 6.18 Å². The summed E-state index contributed by atoms with van der Waals surface area (Å²) >= 11 is 0. The van der Waals surface area contributed by atoms with Crippen molar-refractivity contribution in [3.63, 3.8) is 0 Å². The van der Waals surface area contributed by atoms with Crippen molar-refractivity contribution in [2.45, 2.75) is 25.1 Å². The van der Waals surface area contributed by atoms with Gasteiger partial charge < -0.3 is 19.0 Å². The van der Waals surface area contributed by atoms with E-state index < -0.39 is 11.9 Å². The Bertz CT molecular complexity index is 1280. The van der Waals surface area contributed by atoms with Gasteiger partial charge in [-0.25, -0.2) is 4.68 Å². The fraction of sp³-hybridized carbons (Fsp3) is 0.400. The summed E-state index contributed by atoms with van der Waals surface area (Å²) in [6, 6.07) is 14.4. The lowest BCUT2D eigenvalue weighted by molar-refractivity contribution is -0.140. The molecule has 1 aliphatic rings. The monoisotopic (exact) mass is 472 g/mol. The number of likely N-dealkylation sites (tertiary alicyclic amines) is 1. The highest BCUT2D eigenvalue weighted by Gasteiger charge is 2.39. The molecule has 9 heteroatoms. The smallest absolute Gasteiger partial charge is 0.438 e. The third-order valence-corrected chi connectivity index (χ3v) is 6.41. The van der Waals surface area contributed by atoms with Crippen LogP contribution in [0.2, 0.25) is 0 Å². The van der Waals surface area contributed by atoms with E-state index in [1.165, 1.54) is 11.1 Å². The maximum atomic E-state index is 13.6. The van der Waals surface area contributed by atoms with Gasteiger partial charge in [-0.05, 0) is 69.9 Å². The molecule has 4 aromatic rings. The van der Waals surface area contributed by atoms with Crippen LogP contribution in [0.4, 0.5) is 13.2 Å². The van der Waals surface area contributed by atoms with E-state index >= 15 is 0 Å². The second-order valence-electron chi connectivity index (χ2n) is 8.94. The summed E-state index contributed by atoms with van der Waals surface area (Å²) in [5.41, 5.74) is -0.0849. The van der Waals surface area contributed by atoms with E-state index in [1.54, 1.807) is 48.5 Å². The van der Waals surface area contributed by atoms with Gasteiger partial charge in [0.1, 0.15) is 16.8 Å². The first-order valence-electron chi connectivity index (χ1n) is 11.4. The summed E-state index contributed by atoms with van der Waals surface area (Å²) in [6.45, 7) is 3.77. The van der Waals surface area contributed by atoms with E-state index in [-0.39, 0.29) is 5.58 Å². The third kappa shape index (κ3) is 4.37. The minimum absolute atomic E-state index is 0.257. The second kappa shape index (κ2) is 8.96. The molecule has 0 saturated carbocycles. The summed E-state index contributed by atoms with van der Waals surface area (Å²) in [5, 5.41) is 4.44. The molecule has 5 rings (SSSR count). The van der Waals surface area contributed by atoms with Crippen molar-refractivity contribution in [2.24, 2.45) is 0 Å². The molecule has 0 aliphatic carbocycles. The van der Waals surface area contributed by atoms with Crippen molar-refractivity contribution in [2.75, 3.05) is 40.3 Å². The van der Waals surface area contributed by atoms with Crippen LogP contribution in [0.25, 0.3) is 27.8 Å². The number of alkyl halides is 3. The van der Waals surface area contributed by atoms with Crippen LogP contribution in [0.15, 0.2) is 52.9 Å². The van der Waals surface area contributed by atoms with Crippen LogP contribution >= 0.6 is 0 Å². The number of para-hydroxylation sites is 1. The quantitative estimate of drug-likeness (QED) is 0.346. The Morgan fingerprint density at radius 3 is 2.59 bits per heavy atom. The fourth-order valence-electron chi connectivity index (χ4n) is 4.57. The third-order valence-electron chi connectivity index (χ3n) is 6.41. The van der Waals surface area contributed by atoms with Gasteiger partial charge >= 0.3 is 6.18 Å². The van der Waals surface area contributed by atoms with Crippen molar-refractivity contribution < 1.29 is 22.3 Å². The Kier molecular flexibility index (Phi) is 5.99. The minimum atomic E-state index is -4.62. The summed E-state index contributed by atoms with van der Waals surface area (Å²) in [6.07, 6.45) is -2.52. The Balaban J connectivity index is 1.29. The molecule has 3 heterocycles. The largest absolute Gasteiger partial charge is 0.494 e. The van der Waals surface area contributed by atoms with E-state index in [9.17, 15) is 13.2 Å². The zero-order chi connectivity index (χ0) is 23.9. The van der Waals surface area contributed by atoms with Crippen LogP contribution in [0, 0.1) is 0 Å². The van der Waals surface area contributed by atoms with Crippen molar-refractivity contribution >= 4 is 22.1 Å². The molecule has 0 spiro atoms. The lowest BCUT2D eigenvalue weighted by Crippen LogP contribution is -2.32. The number of hydrogen-bond donors (Lipinski definition) is 0. The zero-order valence-electron chi connectivity index (χ0n) is 19.2. The van der Waals surface area contributed by atoms with Gasteiger partial charge in [0, 0.05) is 24.5 Å². The van der Waals surface area contributed by atoms with E-state index in [1.807, 2.05) is 0 Å². The molecule has 1 atom stereocenters. The summed E-state index contributed by atoms with van der Waals surface area (Å²) in [4.78, 5) is 4.73. The maximum absolute atomic E-state index is 13.6. The van der Waals surface area contributed by atoms with Gasteiger partial charge in [-0.15, -0.1) is 0 Å². The van der Waals surface area contributed by atoms with Crippen molar-refractivity contribution in [3.05, 3.63) is 54.2 Å². The van der Waals surface area contributed by atoms with Gasteiger partial charge in [0.15, 0.2) is 5.58 Å². The number of fused-ring (bicyclic) bond motifs is 3. The van der Waals surface area contributed by atoms with Gasteiger partial charge in [0.25, 0.3) is 0 Å². The molecular formula is C25H27F3N4O2. The van der Waals surface area contributed by atoms with Gasteiger partial charge in [0.2, 0.25) is 5.69 Å². The number of benzene rings is 2. The molecule has 2 aromatic heterocycles. The molecule has 2 aromatic carbocycles. The maximum Gasteiger partial charge on any atom is 0.438 e. The lowest BCUT2D eigenvalue weighted by Gasteiger charge is -2.20. The predicted octanol–water partition coefficient (Wildman–Crippen LogP) is 5.20. The Hall–Kier alpha value is -3.04. The molecule has 0 radical (unpaired) electrons. The first-order chi connectivity index (χ1) is 16.3. The van der Waals surface area contributed by atoms with Crippen molar-refractivity contribution in [1.29, 1.82) is 0 Å². The second-order valence-corrected chi connectivity index (χ2v) is 8.94. The number of likely N-dealkylation sites (N-methyl/N-ethyl adjacent to an activating group) is 1. The SMILES string of the molecule is CN(C)C1CCN(CCCOc2ccc(-n3nc(C(F)(F)F)c4oc5ccccc5c43)cc2)C1. The molecule has 0 amide bonds. The highest BCUT2D eigenvalue weighted by molar-refractivity contribution is 6.04. The van der Waals surface area contributed by atoms with Crippen molar-refractivity contribution in [3.8, 4) is 11.4 Å². The van der Waals surface area contributed by atoms with Gasteiger partial charge in [-0.1, -0.05) is 12.1 Å². The summed E-state index contributed by atoms with van der Waals surface area (Å²) in [7, 11) is 4.24. The normalized spacial score (nSPS) is 17.4. The fourth-order valence-corrected chi connectivity index (χ4v) is 4.57.